The topological polar surface area (TPSA) is 18.5 Å². The summed E-state index contributed by atoms with van der Waals surface area (Å²) in [6, 6.07) is 0.654. The highest BCUT2D eigenvalue weighted by molar-refractivity contribution is 4.95. The molecule has 1 heterocycles. The first-order chi connectivity index (χ1) is 9.57. The first-order valence-electron chi connectivity index (χ1n) is 8.70. The van der Waals surface area contributed by atoms with Gasteiger partial charge in [-0.2, -0.15) is 0 Å². The van der Waals surface area contributed by atoms with E-state index in [0.717, 1.165) is 5.92 Å². The quantitative estimate of drug-likeness (QED) is 0.807. The standard InChI is InChI=1S/C17H35N3/c1-5-20-12-8-9-16(13-20)15(2)18-14-17(19(3)4)10-6-7-11-17/h15-16,18H,5-14H2,1-4H3. The zero-order valence-corrected chi connectivity index (χ0v) is 14.1. The van der Waals surface area contributed by atoms with E-state index in [1.165, 1.54) is 64.7 Å². The number of nitrogens with one attached hydrogen (secondary N) is 1. The normalized spacial score (nSPS) is 28.9. The second-order valence-corrected chi connectivity index (χ2v) is 7.29. The van der Waals surface area contributed by atoms with Crippen LogP contribution in [0.15, 0.2) is 0 Å². The summed E-state index contributed by atoms with van der Waals surface area (Å²) in [6.07, 6.45) is 8.32. The highest BCUT2D eigenvalue weighted by Crippen LogP contribution is 2.33. The number of likely N-dealkylation sites (N-methyl/N-ethyl adjacent to an activating group) is 1. The van der Waals surface area contributed by atoms with Crippen LogP contribution in [0.25, 0.3) is 0 Å². The lowest BCUT2D eigenvalue weighted by atomic mass is 9.90. The molecule has 0 aromatic rings. The van der Waals surface area contributed by atoms with Crippen molar-refractivity contribution >= 4 is 0 Å². The summed E-state index contributed by atoms with van der Waals surface area (Å²) in [6.45, 7) is 9.68. The Morgan fingerprint density at radius 2 is 1.95 bits per heavy atom. The molecule has 1 saturated heterocycles. The predicted octanol–water partition coefficient (Wildman–Crippen LogP) is 2.57. The fraction of sp³-hybridized carbons (Fsp3) is 1.00. The van der Waals surface area contributed by atoms with E-state index in [4.69, 9.17) is 0 Å². The molecule has 0 bridgehead atoms. The van der Waals surface area contributed by atoms with Gasteiger partial charge in [0.25, 0.3) is 0 Å². The maximum absolute atomic E-state index is 3.89. The van der Waals surface area contributed by atoms with E-state index in [2.05, 4.69) is 43.1 Å². The average Bonchev–Trinajstić information content (AvgIpc) is 2.95. The van der Waals surface area contributed by atoms with Crippen LogP contribution in [-0.4, -0.2) is 61.7 Å². The number of piperidine rings is 1. The van der Waals surface area contributed by atoms with E-state index >= 15 is 0 Å². The molecule has 0 spiro atoms. The van der Waals surface area contributed by atoms with Gasteiger partial charge in [0.15, 0.2) is 0 Å². The monoisotopic (exact) mass is 281 g/mol. The summed E-state index contributed by atoms with van der Waals surface area (Å²) in [4.78, 5) is 5.09. The van der Waals surface area contributed by atoms with Crippen LogP contribution in [0.5, 0.6) is 0 Å². The first-order valence-corrected chi connectivity index (χ1v) is 8.70. The molecule has 0 amide bonds. The second kappa shape index (κ2) is 7.24. The van der Waals surface area contributed by atoms with Crippen molar-refractivity contribution in [3.63, 3.8) is 0 Å². The van der Waals surface area contributed by atoms with Crippen LogP contribution in [0, 0.1) is 5.92 Å². The zero-order valence-electron chi connectivity index (χ0n) is 14.1. The van der Waals surface area contributed by atoms with Gasteiger partial charge in [0, 0.05) is 24.7 Å². The number of nitrogens with zero attached hydrogens (tertiary/aromatic N) is 2. The van der Waals surface area contributed by atoms with Gasteiger partial charge in [-0.3, -0.25) is 0 Å². The number of likely N-dealkylation sites (tertiary alicyclic amines) is 1. The van der Waals surface area contributed by atoms with Crippen molar-refractivity contribution in [1.82, 2.24) is 15.1 Å². The van der Waals surface area contributed by atoms with E-state index in [1.54, 1.807) is 0 Å². The molecule has 3 heteroatoms. The molecule has 1 saturated carbocycles. The smallest absolute Gasteiger partial charge is 0.0327 e. The third-order valence-electron chi connectivity index (χ3n) is 5.93. The molecule has 2 rings (SSSR count). The fourth-order valence-electron chi connectivity index (χ4n) is 4.12. The second-order valence-electron chi connectivity index (χ2n) is 7.29. The minimum absolute atomic E-state index is 0.424. The molecule has 0 radical (unpaired) electrons. The SMILES string of the molecule is CCN1CCCC(C(C)NCC2(N(C)C)CCCC2)C1. The van der Waals surface area contributed by atoms with Crippen molar-refractivity contribution in [2.24, 2.45) is 5.92 Å². The van der Waals surface area contributed by atoms with Crippen LogP contribution in [0.4, 0.5) is 0 Å². The van der Waals surface area contributed by atoms with Crippen molar-refractivity contribution in [2.75, 3.05) is 40.3 Å². The summed E-state index contributed by atoms with van der Waals surface area (Å²) < 4.78 is 0. The molecule has 1 aliphatic carbocycles. The number of rotatable bonds is 6. The first kappa shape index (κ1) is 16.3. The Labute approximate surface area is 126 Å². The molecule has 0 aromatic heterocycles. The summed E-state index contributed by atoms with van der Waals surface area (Å²) in [5.74, 6) is 0.837. The van der Waals surface area contributed by atoms with E-state index in [1.807, 2.05) is 0 Å². The third kappa shape index (κ3) is 3.75. The van der Waals surface area contributed by atoms with Gasteiger partial charge < -0.3 is 15.1 Å². The van der Waals surface area contributed by atoms with Gasteiger partial charge >= 0.3 is 0 Å². The zero-order chi connectivity index (χ0) is 14.6. The van der Waals surface area contributed by atoms with Crippen molar-refractivity contribution < 1.29 is 0 Å². The molecule has 1 N–H and O–H groups in total. The predicted molar refractivity (Wildman–Crippen MR) is 87.2 cm³/mol. The Morgan fingerprint density at radius 3 is 2.55 bits per heavy atom. The van der Waals surface area contributed by atoms with Crippen LogP contribution in [0.3, 0.4) is 0 Å². The lowest BCUT2D eigenvalue weighted by Gasteiger charge is -2.40. The number of hydrogen-bond donors (Lipinski definition) is 1. The maximum Gasteiger partial charge on any atom is 0.0327 e. The lowest BCUT2D eigenvalue weighted by molar-refractivity contribution is 0.125. The van der Waals surface area contributed by atoms with Gasteiger partial charge in [0.2, 0.25) is 0 Å². The molecule has 20 heavy (non-hydrogen) atoms. The molecule has 2 unspecified atom stereocenters. The summed E-state index contributed by atoms with van der Waals surface area (Å²) >= 11 is 0. The van der Waals surface area contributed by atoms with Crippen molar-refractivity contribution in [1.29, 1.82) is 0 Å². The van der Waals surface area contributed by atoms with Crippen LogP contribution < -0.4 is 5.32 Å². The van der Waals surface area contributed by atoms with Crippen LogP contribution >= 0.6 is 0 Å². The minimum Gasteiger partial charge on any atom is -0.312 e. The van der Waals surface area contributed by atoms with E-state index in [-0.39, 0.29) is 0 Å². The van der Waals surface area contributed by atoms with Crippen LogP contribution in [-0.2, 0) is 0 Å². The maximum atomic E-state index is 3.89. The average molecular weight is 281 g/mol. The molecule has 2 atom stereocenters. The lowest BCUT2D eigenvalue weighted by Crippen LogP contribution is -2.53. The largest absolute Gasteiger partial charge is 0.312 e. The third-order valence-corrected chi connectivity index (χ3v) is 5.93. The van der Waals surface area contributed by atoms with Crippen molar-refractivity contribution in [2.45, 2.75) is 64.0 Å². The molecule has 2 fully saturated rings. The van der Waals surface area contributed by atoms with E-state index in [9.17, 15) is 0 Å². The summed E-state index contributed by atoms with van der Waals surface area (Å²) in [5, 5.41) is 3.89. The highest BCUT2D eigenvalue weighted by atomic mass is 15.2. The molecule has 2 aliphatic rings. The Bertz CT molecular complexity index is 284. The summed E-state index contributed by atoms with van der Waals surface area (Å²) in [7, 11) is 4.52. The van der Waals surface area contributed by atoms with E-state index in [0.29, 0.717) is 11.6 Å². The highest BCUT2D eigenvalue weighted by Gasteiger charge is 2.36. The van der Waals surface area contributed by atoms with E-state index < -0.39 is 0 Å². The summed E-state index contributed by atoms with van der Waals surface area (Å²) in [5.41, 5.74) is 0.424. The molecule has 3 nitrogen and oxygen atoms in total. The van der Waals surface area contributed by atoms with Crippen molar-refractivity contribution in [3.8, 4) is 0 Å². The van der Waals surface area contributed by atoms with Gasteiger partial charge in [0.1, 0.15) is 0 Å². The van der Waals surface area contributed by atoms with Crippen LogP contribution in [0.2, 0.25) is 0 Å². The van der Waals surface area contributed by atoms with Gasteiger partial charge in [-0.25, -0.2) is 0 Å². The molecule has 0 aromatic carbocycles. The van der Waals surface area contributed by atoms with Gasteiger partial charge in [0.05, 0.1) is 0 Å². The van der Waals surface area contributed by atoms with Gasteiger partial charge in [-0.05, 0) is 65.7 Å². The molecule has 1 aliphatic heterocycles. The molecular weight excluding hydrogens is 246 g/mol. The Morgan fingerprint density at radius 1 is 1.25 bits per heavy atom. The Balaban J connectivity index is 1.83. The van der Waals surface area contributed by atoms with Gasteiger partial charge in [-0.15, -0.1) is 0 Å². The Hall–Kier alpha value is -0.120. The number of hydrogen-bond acceptors (Lipinski definition) is 3. The Kier molecular flexibility index (Phi) is 5.88. The van der Waals surface area contributed by atoms with Crippen LogP contribution in [0.1, 0.15) is 52.4 Å². The minimum atomic E-state index is 0.424. The van der Waals surface area contributed by atoms with Gasteiger partial charge in [-0.1, -0.05) is 19.8 Å². The van der Waals surface area contributed by atoms with Crippen molar-refractivity contribution in [3.05, 3.63) is 0 Å². The molecular formula is C17H35N3. The molecule has 118 valence electrons. The fourth-order valence-corrected chi connectivity index (χ4v) is 4.12.